The van der Waals surface area contributed by atoms with E-state index in [0.717, 1.165) is 5.56 Å². The van der Waals surface area contributed by atoms with Gasteiger partial charge in [0.1, 0.15) is 31.7 Å². The third kappa shape index (κ3) is 7.01. The second-order valence-corrected chi connectivity index (χ2v) is 17.8. The van der Waals surface area contributed by atoms with E-state index in [1.165, 1.54) is 13.3 Å². The summed E-state index contributed by atoms with van der Waals surface area (Å²) in [6, 6.07) is 13.2. The third-order valence-corrected chi connectivity index (χ3v) is 12.7. The number of carbonyl (C=O) groups is 1. The van der Waals surface area contributed by atoms with Gasteiger partial charge in [-0.15, -0.1) is 0 Å². The smallest absolute Gasteiger partial charge is 0.231 e. The van der Waals surface area contributed by atoms with Crippen molar-refractivity contribution in [3.63, 3.8) is 0 Å². The summed E-state index contributed by atoms with van der Waals surface area (Å²) in [6.45, 7) is 14.5. The van der Waals surface area contributed by atoms with Crippen LogP contribution in [0.3, 0.4) is 0 Å². The van der Waals surface area contributed by atoms with Crippen LogP contribution < -0.4 is 9.47 Å². The van der Waals surface area contributed by atoms with Crippen LogP contribution in [-0.2, 0) is 39.6 Å². The number of hydrogen-bond donors (Lipinski definition) is 0. The van der Waals surface area contributed by atoms with Crippen LogP contribution >= 0.6 is 0 Å². The summed E-state index contributed by atoms with van der Waals surface area (Å²) in [6.07, 6.45) is -2.96. The van der Waals surface area contributed by atoms with Crippen LogP contribution in [0.4, 0.5) is 0 Å². The highest BCUT2D eigenvalue weighted by Gasteiger charge is 2.53. The van der Waals surface area contributed by atoms with E-state index in [1.54, 1.807) is 26.0 Å². The first-order valence-electron chi connectivity index (χ1n) is 14.8. The number of Topliss-reactive ketones (excluding diaryl/α,β-unsaturated/α-hetero) is 1. The summed E-state index contributed by atoms with van der Waals surface area (Å²) < 4.78 is 48.5. The minimum atomic E-state index is -2.38. The van der Waals surface area contributed by atoms with E-state index >= 15 is 0 Å². The lowest BCUT2D eigenvalue weighted by Crippen LogP contribution is -2.53. The molecule has 240 valence electrons. The topological polar surface area (TPSA) is 113 Å². The maximum atomic E-state index is 14.2. The molecule has 11 nitrogen and oxygen atoms in total. The Bertz CT molecular complexity index is 1340. The van der Waals surface area contributed by atoms with E-state index in [9.17, 15) is 4.79 Å². The zero-order chi connectivity index (χ0) is 31.7. The summed E-state index contributed by atoms with van der Waals surface area (Å²) in [7, 11) is -0.877. The molecule has 0 bridgehead atoms. The quantitative estimate of drug-likeness (QED) is 0.132. The molecule has 0 N–H and O–H groups in total. The Morgan fingerprint density at radius 3 is 2.48 bits per heavy atom. The summed E-state index contributed by atoms with van der Waals surface area (Å²) in [5, 5.41) is 4.04. The lowest BCUT2D eigenvalue weighted by atomic mass is 9.90. The Morgan fingerprint density at radius 2 is 1.80 bits per heavy atom. The molecule has 0 aromatic heterocycles. The molecule has 44 heavy (non-hydrogen) atoms. The van der Waals surface area contributed by atoms with Gasteiger partial charge >= 0.3 is 0 Å². The Labute approximate surface area is 259 Å². The highest BCUT2D eigenvalue weighted by atomic mass is 28.4. The van der Waals surface area contributed by atoms with Crippen LogP contribution in [0.15, 0.2) is 47.6 Å². The standard InChI is InChI=1S/C32H43NO10Si/c1-31(2,3)44(7,8)43-30-22-15-24-23(36-19-37-24)14-21(22)26(34)28(40-30)29(38-18-35-6)27-25(41-32(4,5)42-27)16-33-39-17-20-12-10-9-11-13-20/h9-16,25,27-30H,17-19H2,1-8H3/b33-16-/t25-,27-,28+,29+,30?/m0/s1. The zero-order valence-corrected chi connectivity index (χ0v) is 27.7. The highest BCUT2D eigenvalue weighted by molar-refractivity contribution is 6.74. The van der Waals surface area contributed by atoms with Crippen molar-refractivity contribution in [2.75, 3.05) is 20.7 Å². The second kappa shape index (κ2) is 12.9. The Kier molecular flexibility index (Phi) is 9.52. The molecular weight excluding hydrogens is 586 g/mol. The maximum Gasteiger partial charge on any atom is 0.231 e. The molecule has 3 aliphatic rings. The molecule has 2 aromatic carbocycles. The van der Waals surface area contributed by atoms with Crippen molar-refractivity contribution in [1.29, 1.82) is 0 Å². The predicted molar refractivity (Wildman–Crippen MR) is 163 cm³/mol. The average Bonchev–Trinajstić information content (AvgIpc) is 3.55. The van der Waals surface area contributed by atoms with Crippen LogP contribution in [0, 0.1) is 0 Å². The molecule has 0 spiro atoms. The van der Waals surface area contributed by atoms with Crippen LogP contribution in [-0.4, -0.2) is 71.2 Å². The van der Waals surface area contributed by atoms with E-state index in [2.05, 4.69) is 39.0 Å². The number of methoxy groups -OCH3 is 1. The molecule has 12 heteroatoms. The van der Waals surface area contributed by atoms with Gasteiger partial charge in [-0.3, -0.25) is 4.79 Å². The summed E-state index contributed by atoms with van der Waals surface area (Å²) in [5.74, 6) is -0.288. The minimum Gasteiger partial charge on any atom is -0.454 e. The first kappa shape index (κ1) is 32.5. The second-order valence-electron chi connectivity index (χ2n) is 13.0. The van der Waals surface area contributed by atoms with Gasteiger partial charge in [-0.05, 0) is 49.7 Å². The molecule has 3 aliphatic heterocycles. The molecule has 0 saturated carbocycles. The number of oxime groups is 1. The van der Waals surface area contributed by atoms with Crippen molar-refractivity contribution < 1.29 is 47.2 Å². The molecule has 0 aliphatic carbocycles. The molecule has 0 radical (unpaired) electrons. The highest BCUT2D eigenvalue weighted by Crippen LogP contribution is 2.46. The first-order chi connectivity index (χ1) is 20.8. The Hall–Kier alpha value is -2.84. The van der Waals surface area contributed by atoms with E-state index in [0.29, 0.717) is 22.6 Å². The van der Waals surface area contributed by atoms with Crippen LogP contribution in [0.2, 0.25) is 18.1 Å². The Balaban J connectivity index is 1.47. The van der Waals surface area contributed by atoms with Crippen LogP contribution in [0.25, 0.3) is 0 Å². The SMILES string of the molecule is COCO[C@H]([C@H]1OC(C)(C)O[C@H]1/C=N\OCc1ccccc1)[C@@H]1OC(O[Si](C)(C)C(C)(C)C)c2cc3c(cc2C1=O)OCO3. The first-order valence-corrected chi connectivity index (χ1v) is 17.7. The molecule has 5 atom stereocenters. The number of nitrogens with zero attached hydrogens (tertiary/aromatic N) is 1. The van der Waals surface area contributed by atoms with Crippen molar-refractivity contribution in [2.45, 2.75) is 95.9 Å². The van der Waals surface area contributed by atoms with Crippen molar-refractivity contribution in [3.8, 4) is 11.5 Å². The zero-order valence-electron chi connectivity index (χ0n) is 26.7. The van der Waals surface area contributed by atoms with Crippen molar-refractivity contribution >= 4 is 20.3 Å². The summed E-state index contributed by atoms with van der Waals surface area (Å²) in [5.41, 5.74) is 1.97. The minimum absolute atomic E-state index is 0.0692. The molecule has 1 saturated heterocycles. The molecule has 1 unspecified atom stereocenters. The Morgan fingerprint density at radius 1 is 1.09 bits per heavy atom. The molecule has 0 amide bonds. The monoisotopic (exact) mass is 629 g/mol. The van der Waals surface area contributed by atoms with Crippen molar-refractivity contribution in [2.24, 2.45) is 5.16 Å². The fraction of sp³-hybridized carbons (Fsp3) is 0.562. The predicted octanol–water partition coefficient (Wildman–Crippen LogP) is 5.73. The fourth-order valence-electron chi connectivity index (χ4n) is 5.03. The van der Waals surface area contributed by atoms with E-state index < -0.39 is 44.8 Å². The third-order valence-electron chi connectivity index (χ3n) is 8.32. The van der Waals surface area contributed by atoms with Gasteiger partial charge < -0.3 is 42.4 Å². The van der Waals surface area contributed by atoms with E-state index in [-0.39, 0.29) is 31.0 Å². The normalized spacial score (nSPS) is 25.3. The van der Waals surface area contributed by atoms with Gasteiger partial charge in [0.25, 0.3) is 0 Å². The lowest BCUT2D eigenvalue weighted by Gasteiger charge is -2.43. The molecule has 3 heterocycles. The van der Waals surface area contributed by atoms with Gasteiger partial charge in [0.15, 0.2) is 43.8 Å². The van der Waals surface area contributed by atoms with Gasteiger partial charge in [0, 0.05) is 18.2 Å². The maximum absolute atomic E-state index is 14.2. The van der Waals surface area contributed by atoms with Gasteiger partial charge in [-0.1, -0.05) is 56.3 Å². The van der Waals surface area contributed by atoms with Gasteiger partial charge in [0.2, 0.25) is 6.79 Å². The van der Waals surface area contributed by atoms with Crippen molar-refractivity contribution in [3.05, 3.63) is 59.2 Å². The molecular formula is C32H43NO10Si. The number of benzene rings is 2. The number of fused-ring (bicyclic) bond motifs is 2. The number of rotatable bonds is 11. The summed E-state index contributed by atoms with van der Waals surface area (Å²) >= 11 is 0. The summed E-state index contributed by atoms with van der Waals surface area (Å²) in [4.78, 5) is 19.8. The average molecular weight is 630 g/mol. The van der Waals surface area contributed by atoms with E-state index in [4.69, 9.17) is 42.4 Å². The van der Waals surface area contributed by atoms with E-state index in [1.807, 2.05) is 30.3 Å². The number of ketones is 1. The molecule has 1 fully saturated rings. The number of ether oxygens (including phenoxy) is 7. The van der Waals surface area contributed by atoms with Gasteiger partial charge in [-0.2, -0.15) is 0 Å². The number of carbonyl (C=O) groups excluding carboxylic acids is 1. The molecule has 5 rings (SSSR count). The van der Waals surface area contributed by atoms with Gasteiger partial charge in [-0.25, -0.2) is 0 Å². The van der Waals surface area contributed by atoms with Crippen molar-refractivity contribution in [1.82, 2.24) is 0 Å². The largest absolute Gasteiger partial charge is 0.454 e. The lowest BCUT2D eigenvalue weighted by molar-refractivity contribution is -0.213. The molecule has 2 aromatic rings. The van der Waals surface area contributed by atoms with Crippen LogP contribution in [0.1, 0.15) is 62.4 Å². The number of hydrogen-bond acceptors (Lipinski definition) is 11. The van der Waals surface area contributed by atoms with Gasteiger partial charge in [0.05, 0.1) is 6.21 Å². The van der Waals surface area contributed by atoms with Crippen LogP contribution in [0.5, 0.6) is 11.5 Å². The fourth-order valence-corrected chi connectivity index (χ4v) is 6.10.